The largest absolute Gasteiger partial charge is 0.352 e. The van der Waals surface area contributed by atoms with E-state index in [4.69, 9.17) is 0 Å². The van der Waals surface area contributed by atoms with Gasteiger partial charge in [0.2, 0.25) is 0 Å². The van der Waals surface area contributed by atoms with Crippen LogP contribution in [0.25, 0.3) is 15.9 Å². The molecule has 26 heavy (non-hydrogen) atoms. The molecular formula is C18H19N7S. The van der Waals surface area contributed by atoms with Gasteiger partial charge in [0.1, 0.15) is 22.8 Å². The first-order chi connectivity index (χ1) is 12.7. The Morgan fingerprint density at radius 1 is 0.962 bits per heavy atom. The summed E-state index contributed by atoms with van der Waals surface area (Å²) >= 11 is 1.75. The van der Waals surface area contributed by atoms with Crippen LogP contribution in [0.1, 0.15) is 10.4 Å². The summed E-state index contributed by atoms with van der Waals surface area (Å²) in [7, 11) is 0. The molecule has 0 aromatic carbocycles. The standard InChI is InChI=1S/C18H19N7S/c1-12-13(2)26-18-16(12)17(20-11-21-18)24-9-7-23(8-10-24)15-4-3-14-19-5-6-25(14)22-15/h3-6,11H,7-10H2,1-2H3. The first-order valence-electron chi connectivity index (χ1n) is 8.72. The molecule has 0 bridgehead atoms. The van der Waals surface area contributed by atoms with E-state index >= 15 is 0 Å². The highest BCUT2D eigenvalue weighted by molar-refractivity contribution is 7.18. The molecule has 1 fully saturated rings. The van der Waals surface area contributed by atoms with Gasteiger partial charge in [0.05, 0.1) is 5.39 Å². The van der Waals surface area contributed by atoms with E-state index in [1.165, 1.54) is 15.8 Å². The lowest BCUT2D eigenvalue weighted by Gasteiger charge is -2.36. The molecule has 0 saturated carbocycles. The third-order valence-electron chi connectivity index (χ3n) is 5.09. The van der Waals surface area contributed by atoms with Gasteiger partial charge in [0.25, 0.3) is 0 Å². The first-order valence-corrected chi connectivity index (χ1v) is 9.53. The second kappa shape index (κ2) is 5.91. The lowest BCUT2D eigenvalue weighted by Crippen LogP contribution is -2.47. The van der Waals surface area contributed by atoms with E-state index in [-0.39, 0.29) is 0 Å². The van der Waals surface area contributed by atoms with Crippen LogP contribution in [0.4, 0.5) is 11.6 Å². The third-order valence-corrected chi connectivity index (χ3v) is 6.20. The van der Waals surface area contributed by atoms with E-state index in [1.54, 1.807) is 23.9 Å². The van der Waals surface area contributed by atoms with Crippen LogP contribution in [0.15, 0.2) is 30.9 Å². The van der Waals surface area contributed by atoms with Crippen molar-refractivity contribution in [3.8, 4) is 0 Å². The average Bonchev–Trinajstić information content (AvgIpc) is 3.26. The van der Waals surface area contributed by atoms with Crippen molar-refractivity contribution in [3.05, 3.63) is 41.3 Å². The SMILES string of the molecule is Cc1sc2ncnc(N3CCN(c4ccc5nccn5n4)CC3)c2c1C. The quantitative estimate of drug-likeness (QED) is 0.544. The number of nitrogens with zero attached hydrogens (tertiary/aromatic N) is 7. The zero-order valence-electron chi connectivity index (χ0n) is 14.8. The van der Waals surface area contributed by atoms with Crippen LogP contribution >= 0.6 is 11.3 Å². The monoisotopic (exact) mass is 365 g/mol. The fraction of sp³-hybridized carbons (Fsp3) is 0.333. The number of hydrogen-bond donors (Lipinski definition) is 0. The van der Waals surface area contributed by atoms with Gasteiger partial charge in [-0.25, -0.2) is 19.5 Å². The van der Waals surface area contributed by atoms with Crippen molar-refractivity contribution in [1.29, 1.82) is 0 Å². The smallest absolute Gasteiger partial charge is 0.153 e. The first kappa shape index (κ1) is 15.5. The number of piperazine rings is 1. The van der Waals surface area contributed by atoms with Crippen molar-refractivity contribution < 1.29 is 0 Å². The van der Waals surface area contributed by atoms with Gasteiger partial charge in [-0.2, -0.15) is 0 Å². The summed E-state index contributed by atoms with van der Waals surface area (Å²) in [4.78, 5) is 20.4. The van der Waals surface area contributed by atoms with E-state index < -0.39 is 0 Å². The molecule has 5 heterocycles. The van der Waals surface area contributed by atoms with Crippen LogP contribution in [-0.4, -0.2) is 50.7 Å². The molecule has 7 nitrogen and oxygen atoms in total. The number of imidazole rings is 1. The van der Waals surface area contributed by atoms with Crippen molar-refractivity contribution >= 4 is 38.8 Å². The van der Waals surface area contributed by atoms with E-state index in [0.717, 1.165) is 48.3 Å². The molecular weight excluding hydrogens is 346 g/mol. The number of thiophene rings is 1. The molecule has 0 spiro atoms. The molecule has 1 saturated heterocycles. The Morgan fingerprint density at radius 2 is 1.77 bits per heavy atom. The van der Waals surface area contributed by atoms with Gasteiger partial charge in [-0.1, -0.05) is 0 Å². The van der Waals surface area contributed by atoms with E-state index in [1.807, 2.05) is 22.8 Å². The van der Waals surface area contributed by atoms with Crippen LogP contribution < -0.4 is 9.80 Å². The predicted octanol–water partition coefficient (Wildman–Crippen LogP) is 2.68. The van der Waals surface area contributed by atoms with Crippen LogP contribution in [-0.2, 0) is 0 Å². The average molecular weight is 365 g/mol. The van der Waals surface area contributed by atoms with Gasteiger partial charge in [-0.3, -0.25) is 0 Å². The Morgan fingerprint density at radius 3 is 2.62 bits per heavy atom. The Hall–Kier alpha value is -2.74. The Balaban J connectivity index is 1.40. The van der Waals surface area contributed by atoms with Gasteiger partial charge in [-0.05, 0) is 31.5 Å². The molecule has 4 aromatic heterocycles. The van der Waals surface area contributed by atoms with Crippen LogP contribution in [0.3, 0.4) is 0 Å². The van der Waals surface area contributed by atoms with Crippen LogP contribution in [0.2, 0.25) is 0 Å². The molecule has 0 unspecified atom stereocenters. The molecule has 8 heteroatoms. The molecule has 132 valence electrons. The highest BCUT2D eigenvalue weighted by atomic mass is 32.1. The van der Waals surface area contributed by atoms with Crippen LogP contribution in [0.5, 0.6) is 0 Å². The molecule has 0 radical (unpaired) electrons. The summed E-state index contributed by atoms with van der Waals surface area (Å²) in [6.45, 7) is 8.00. The van der Waals surface area contributed by atoms with E-state index in [9.17, 15) is 0 Å². The van der Waals surface area contributed by atoms with Crippen molar-refractivity contribution in [3.63, 3.8) is 0 Å². The molecule has 0 N–H and O–H groups in total. The Bertz CT molecular complexity index is 1090. The number of aryl methyl sites for hydroxylation is 2. The summed E-state index contributed by atoms with van der Waals surface area (Å²) in [5, 5.41) is 5.87. The molecule has 0 amide bonds. The maximum absolute atomic E-state index is 4.66. The normalized spacial score (nSPS) is 15.3. The minimum atomic E-state index is 0.874. The second-order valence-electron chi connectivity index (χ2n) is 6.56. The number of fused-ring (bicyclic) bond motifs is 2. The summed E-state index contributed by atoms with van der Waals surface area (Å²) in [6, 6.07) is 4.06. The molecule has 5 rings (SSSR count). The second-order valence-corrected chi connectivity index (χ2v) is 7.76. The Kier molecular flexibility index (Phi) is 3.53. The highest BCUT2D eigenvalue weighted by Gasteiger charge is 2.23. The minimum absolute atomic E-state index is 0.874. The van der Waals surface area contributed by atoms with Gasteiger partial charge >= 0.3 is 0 Å². The number of anilines is 2. The molecule has 0 atom stereocenters. The van der Waals surface area contributed by atoms with E-state index in [2.05, 4.69) is 43.7 Å². The van der Waals surface area contributed by atoms with Gasteiger partial charge in [0.15, 0.2) is 5.65 Å². The predicted molar refractivity (Wildman–Crippen MR) is 104 cm³/mol. The summed E-state index contributed by atoms with van der Waals surface area (Å²) in [5.74, 6) is 2.06. The molecule has 4 aromatic rings. The number of aromatic nitrogens is 5. The Labute approximate surface area is 154 Å². The van der Waals surface area contributed by atoms with Crippen molar-refractivity contribution in [2.24, 2.45) is 0 Å². The zero-order valence-corrected chi connectivity index (χ0v) is 15.6. The maximum Gasteiger partial charge on any atom is 0.153 e. The van der Waals surface area contributed by atoms with E-state index in [0.29, 0.717) is 0 Å². The lowest BCUT2D eigenvalue weighted by atomic mass is 10.2. The molecule has 1 aliphatic rings. The van der Waals surface area contributed by atoms with Crippen molar-refractivity contribution in [1.82, 2.24) is 24.6 Å². The minimum Gasteiger partial charge on any atom is -0.352 e. The zero-order chi connectivity index (χ0) is 17.7. The van der Waals surface area contributed by atoms with Gasteiger partial charge < -0.3 is 9.80 Å². The highest BCUT2D eigenvalue weighted by Crippen LogP contribution is 2.34. The van der Waals surface area contributed by atoms with Crippen molar-refractivity contribution in [2.45, 2.75) is 13.8 Å². The summed E-state index contributed by atoms with van der Waals surface area (Å²) in [6.07, 6.45) is 5.35. The van der Waals surface area contributed by atoms with Crippen molar-refractivity contribution in [2.75, 3.05) is 36.0 Å². The molecule has 0 aliphatic carbocycles. The summed E-state index contributed by atoms with van der Waals surface area (Å²) < 4.78 is 1.83. The number of hydrogen-bond acceptors (Lipinski definition) is 7. The topological polar surface area (TPSA) is 62.5 Å². The lowest BCUT2D eigenvalue weighted by molar-refractivity contribution is 0.637. The fourth-order valence-electron chi connectivity index (χ4n) is 3.52. The number of rotatable bonds is 2. The fourth-order valence-corrected chi connectivity index (χ4v) is 4.52. The van der Waals surface area contributed by atoms with Gasteiger partial charge in [0, 0.05) is 43.4 Å². The molecule has 1 aliphatic heterocycles. The third kappa shape index (κ3) is 2.40. The maximum atomic E-state index is 4.66. The summed E-state index contributed by atoms with van der Waals surface area (Å²) in [5.41, 5.74) is 2.18. The van der Waals surface area contributed by atoms with Gasteiger partial charge in [-0.15, -0.1) is 16.4 Å². The van der Waals surface area contributed by atoms with Crippen LogP contribution in [0, 0.1) is 13.8 Å².